The van der Waals surface area contributed by atoms with Gasteiger partial charge in [-0.15, -0.1) is 6.58 Å². The van der Waals surface area contributed by atoms with Gasteiger partial charge in [-0.05, 0) is 129 Å². The van der Waals surface area contributed by atoms with Gasteiger partial charge in [-0.25, -0.2) is 0 Å². The van der Waals surface area contributed by atoms with Crippen LogP contribution in [0.2, 0.25) is 0 Å². The highest BCUT2D eigenvalue weighted by Crippen LogP contribution is 2.49. The van der Waals surface area contributed by atoms with E-state index in [1.54, 1.807) is 0 Å². The maximum Gasteiger partial charge on any atom is -0.00287 e. The van der Waals surface area contributed by atoms with Gasteiger partial charge in [0.25, 0.3) is 0 Å². The molecule has 2 aromatic rings. The van der Waals surface area contributed by atoms with Crippen LogP contribution in [-0.4, -0.2) is 0 Å². The molecule has 3 atom stereocenters. The Kier molecular flexibility index (Phi) is 10.1. The predicted molar refractivity (Wildman–Crippen MR) is 209 cm³/mol. The largest absolute Gasteiger partial charge is 0.103 e. The molecule has 0 radical (unpaired) electrons. The van der Waals surface area contributed by atoms with E-state index in [-0.39, 0.29) is 10.8 Å². The van der Waals surface area contributed by atoms with E-state index in [0.29, 0.717) is 17.8 Å². The molecule has 4 aliphatic rings. The minimum atomic E-state index is 0.171. The summed E-state index contributed by atoms with van der Waals surface area (Å²) in [6, 6.07) is 20.3. The number of hydrogen-bond acceptors (Lipinski definition) is 0. The van der Waals surface area contributed by atoms with Gasteiger partial charge in [-0.3, -0.25) is 0 Å². The first-order valence-electron chi connectivity index (χ1n) is 18.4. The van der Waals surface area contributed by atoms with Gasteiger partial charge in [0.1, 0.15) is 0 Å². The molecule has 0 amide bonds. The van der Waals surface area contributed by atoms with Crippen molar-refractivity contribution in [1.82, 2.24) is 0 Å². The predicted octanol–water partition coefficient (Wildman–Crippen LogP) is 13.1. The lowest BCUT2D eigenvalue weighted by atomic mass is 9.67. The summed E-state index contributed by atoms with van der Waals surface area (Å²) < 4.78 is 0. The molecule has 2 aromatic carbocycles. The minimum absolute atomic E-state index is 0.171. The van der Waals surface area contributed by atoms with Crippen LogP contribution < -0.4 is 0 Å². The Labute approximate surface area is 291 Å². The molecular weight excluding hydrogens is 577 g/mol. The lowest BCUT2D eigenvalue weighted by Crippen LogP contribution is -2.23. The van der Waals surface area contributed by atoms with Gasteiger partial charge in [0.2, 0.25) is 0 Å². The summed E-state index contributed by atoms with van der Waals surface area (Å²) >= 11 is 0. The van der Waals surface area contributed by atoms with Crippen LogP contribution in [0, 0.1) is 28.6 Å². The van der Waals surface area contributed by atoms with Crippen LogP contribution in [0.15, 0.2) is 155 Å². The zero-order chi connectivity index (χ0) is 33.9. The first-order chi connectivity index (χ1) is 23.0. The summed E-state index contributed by atoms with van der Waals surface area (Å²) in [5.74, 6) is 1.44. The van der Waals surface area contributed by atoms with Crippen molar-refractivity contribution in [3.05, 3.63) is 172 Å². The molecule has 4 aliphatic carbocycles. The fourth-order valence-electron chi connectivity index (χ4n) is 8.03. The van der Waals surface area contributed by atoms with Crippen LogP contribution >= 0.6 is 0 Å². The summed E-state index contributed by atoms with van der Waals surface area (Å²) in [6.45, 7) is 18.1. The van der Waals surface area contributed by atoms with Gasteiger partial charge in [-0.1, -0.05) is 157 Å². The van der Waals surface area contributed by atoms with E-state index in [9.17, 15) is 0 Å². The summed E-state index contributed by atoms with van der Waals surface area (Å²) in [7, 11) is 0. The molecule has 0 heteroatoms. The molecule has 48 heavy (non-hydrogen) atoms. The number of allylic oxidation sites excluding steroid dienone is 17. The first kappa shape index (κ1) is 34.0. The van der Waals surface area contributed by atoms with E-state index in [1.807, 2.05) is 6.08 Å². The number of hydrogen-bond donors (Lipinski definition) is 0. The van der Waals surface area contributed by atoms with Crippen molar-refractivity contribution >= 4 is 5.57 Å². The van der Waals surface area contributed by atoms with Crippen molar-refractivity contribution in [3.63, 3.8) is 0 Å². The lowest BCUT2D eigenvalue weighted by Gasteiger charge is -2.37. The van der Waals surface area contributed by atoms with E-state index >= 15 is 0 Å². The van der Waals surface area contributed by atoms with E-state index in [2.05, 4.69) is 157 Å². The summed E-state index contributed by atoms with van der Waals surface area (Å²) in [6.07, 6.45) is 32.0. The van der Waals surface area contributed by atoms with Crippen LogP contribution in [0.1, 0.15) is 90.3 Å². The van der Waals surface area contributed by atoms with E-state index < -0.39 is 0 Å². The molecule has 0 aromatic heterocycles. The highest BCUT2D eigenvalue weighted by atomic mass is 14.4. The van der Waals surface area contributed by atoms with Gasteiger partial charge in [0, 0.05) is 0 Å². The molecule has 0 saturated carbocycles. The second kappa shape index (κ2) is 14.3. The number of benzene rings is 2. The summed E-state index contributed by atoms with van der Waals surface area (Å²) in [5, 5.41) is 0. The molecule has 0 N–H and O–H groups in total. The zero-order valence-electron chi connectivity index (χ0n) is 30.4. The van der Waals surface area contributed by atoms with Crippen LogP contribution in [0.5, 0.6) is 0 Å². The van der Waals surface area contributed by atoms with Gasteiger partial charge >= 0.3 is 0 Å². The SMILES string of the molecule is C=CCc1cccc(CC2=CCCC(C3=CC(C4=CCC(C(C)(C)C)C=C4)=C(c4ccccc4)C(C4C=CC(C(C)(C)C)=CC4)C3)=C2)c1. The van der Waals surface area contributed by atoms with E-state index in [1.165, 1.54) is 55.7 Å². The van der Waals surface area contributed by atoms with Crippen LogP contribution in [-0.2, 0) is 12.8 Å². The average molecular weight is 633 g/mol. The molecule has 0 spiro atoms. The Hall–Kier alpha value is -3.90. The van der Waals surface area contributed by atoms with Crippen molar-refractivity contribution in [2.24, 2.45) is 28.6 Å². The standard InChI is InChI=1S/C48H56/c1-8-14-34-15-12-16-35(29-34)30-36-17-13-20-40(31-36)41-32-44(37-21-25-42(26-22-37)47(2,3)4)46(39-18-10-9-11-19-39)45(33-41)38-23-27-43(28-24-38)48(5,6)7/h8-12,15-19,21-23,25,27-29,31-32,38,42,45H,1,13-14,20,24,26,30,33H2,2-7H3. The van der Waals surface area contributed by atoms with E-state index in [4.69, 9.17) is 0 Å². The highest BCUT2D eigenvalue weighted by molar-refractivity contribution is 5.81. The van der Waals surface area contributed by atoms with Crippen LogP contribution in [0.3, 0.4) is 0 Å². The van der Waals surface area contributed by atoms with Crippen molar-refractivity contribution in [2.75, 3.05) is 0 Å². The first-order valence-corrected chi connectivity index (χ1v) is 18.4. The third kappa shape index (κ3) is 7.86. The number of rotatable bonds is 8. The third-order valence-electron chi connectivity index (χ3n) is 10.9. The minimum Gasteiger partial charge on any atom is -0.103 e. The fraction of sp³-hybridized carbons (Fsp3) is 0.375. The molecule has 0 saturated heterocycles. The molecule has 0 nitrogen and oxygen atoms in total. The summed E-state index contributed by atoms with van der Waals surface area (Å²) in [5.41, 5.74) is 14.9. The second-order valence-corrected chi connectivity index (χ2v) is 16.5. The quantitative estimate of drug-likeness (QED) is 0.254. The zero-order valence-corrected chi connectivity index (χ0v) is 30.4. The third-order valence-corrected chi connectivity index (χ3v) is 10.9. The maximum atomic E-state index is 3.95. The average Bonchev–Trinajstić information content (AvgIpc) is 3.08. The van der Waals surface area contributed by atoms with Gasteiger partial charge in [-0.2, -0.15) is 0 Å². The monoisotopic (exact) mass is 632 g/mol. The van der Waals surface area contributed by atoms with Gasteiger partial charge < -0.3 is 0 Å². The van der Waals surface area contributed by atoms with Crippen molar-refractivity contribution in [2.45, 2.75) is 86.5 Å². The molecule has 3 unspecified atom stereocenters. The highest BCUT2D eigenvalue weighted by Gasteiger charge is 2.34. The lowest BCUT2D eigenvalue weighted by molar-refractivity contribution is 0.293. The topological polar surface area (TPSA) is 0 Å². The molecule has 0 heterocycles. The summed E-state index contributed by atoms with van der Waals surface area (Å²) in [4.78, 5) is 0. The van der Waals surface area contributed by atoms with E-state index in [0.717, 1.165) is 44.9 Å². The normalized spacial score (nSPS) is 23.2. The Morgan fingerprint density at radius 3 is 2.25 bits per heavy atom. The molecule has 0 fully saturated rings. The molecule has 248 valence electrons. The van der Waals surface area contributed by atoms with Gasteiger partial charge in [0.05, 0.1) is 0 Å². The maximum absolute atomic E-state index is 3.95. The Morgan fingerprint density at radius 2 is 1.58 bits per heavy atom. The van der Waals surface area contributed by atoms with Crippen LogP contribution in [0.25, 0.3) is 5.57 Å². The van der Waals surface area contributed by atoms with Crippen molar-refractivity contribution in [3.8, 4) is 0 Å². The molecule has 0 bridgehead atoms. The van der Waals surface area contributed by atoms with Gasteiger partial charge in [0.15, 0.2) is 0 Å². The molecule has 0 aliphatic heterocycles. The van der Waals surface area contributed by atoms with Crippen LogP contribution in [0.4, 0.5) is 0 Å². The second-order valence-electron chi connectivity index (χ2n) is 16.5. The fourth-order valence-corrected chi connectivity index (χ4v) is 8.03. The Bertz CT molecular complexity index is 1760. The Balaban J connectivity index is 1.42. The van der Waals surface area contributed by atoms with Crippen molar-refractivity contribution < 1.29 is 0 Å². The Morgan fingerprint density at radius 1 is 0.792 bits per heavy atom. The molecule has 6 rings (SSSR count). The molecular formula is C48H56. The smallest absolute Gasteiger partial charge is 0.00287 e. The van der Waals surface area contributed by atoms with Crippen molar-refractivity contribution in [1.29, 1.82) is 0 Å².